The maximum Gasteiger partial charge on any atom is 0.0833 e. The third-order valence-electron chi connectivity index (χ3n) is 3.58. The molecule has 1 saturated carbocycles. The molecule has 0 bridgehead atoms. The predicted molar refractivity (Wildman–Crippen MR) is 63.3 cm³/mol. The SMILES string of the molecule is COC1CCCC(CN)(OC(C)C(C)O)C1. The summed E-state index contributed by atoms with van der Waals surface area (Å²) in [6, 6.07) is 0. The first kappa shape index (κ1) is 13.9. The Balaban J connectivity index is 2.61. The van der Waals surface area contributed by atoms with Crippen LogP contribution in [0.4, 0.5) is 0 Å². The summed E-state index contributed by atoms with van der Waals surface area (Å²) in [4.78, 5) is 0. The monoisotopic (exact) mass is 231 g/mol. The summed E-state index contributed by atoms with van der Waals surface area (Å²) in [6.07, 6.45) is 3.52. The van der Waals surface area contributed by atoms with E-state index in [0.717, 1.165) is 25.7 Å². The van der Waals surface area contributed by atoms with Gasteiger partial charge in [-0.25, -0.2) is 0 Å². The second kappa shape index (κ2) is 5.96. The van der Waals surface area contributed by atoms with Gasteiger partial charge in [-0.05, 0) is 33.1 Å². The van der Waals surface area contributed by atoms with Gasteiger partial charge in [0.1, 0.15) is 0 Å². The third kappa shape index (κ3) is 3.42. The van der Waals surface area contributed by atoms with Crippen LogP contribution in [0.15, 0.2) is 0 Å². The van der Waals surface area contributed by atoms with Crippen LogP contribution in [0.1, 0.15) is 39.5 Å². The minimum Gasteiger partial charge on any atom is -0.391 e. The van der Waals surface area contributed by atoms with Crippen molar-refractivity contribution in [2.75, 3.05) is 13.7 Å². The predicted octanol–water partition coefficient (Wildman–Crippen LogP) is 1.06. The molecule has 4 unspecified atom stereocenters. The first-order valence-corrected chi connectivity index (χ1v) is 6.12. The summed E-state index contributed by atoms with van der Waals surface area (Å²) in [6.45, 7) is 4.12. The zero-order chi connectivity index (χ0) is 12.2. The van der Waals surface area contributed by atoms with E-state index in [1.807, 2.05) is 6.92 Å². The molecular weight excluding hydrogens is 206 g/mol. The van der Waals surface area contributed by atoms with E-state index in [2.05, 4.69) is 0 Å². The summed E-state index contributed by atoms with van der Waals surface area (Å²) in [5.41, 5.74) is 5.53. The Hall–Kier alpha value is -0.160. The van der Waals surface area contributed by atoms with E-state index in [4.69, 9.17) is 15.2 Å². The highest BCUT2D eigenvalue weighted by Crippen LogP contribution is 2.33. The van der Waals surface area contributed by atoms with Crippen LogP contribution in [0.25, 0.3) is 0 Å². The summed E-state index contributed by atoms with van der Waals surface area (Å²) in [5.74, 6) is 0. The zero-order valence-corrected chi connectivity index (χ0v) is 10.6. The molecule has 1 fully saturated rings. The highest BCUT2D eigenvalue weighted by Gasteiger charge is 2.38. The lowest BCUT2D eigenvalue weighted by Gasteiger charge is -2.41. The summed E-state index contributed by atoms with van der Waals surface area (Å²) >= 11 is 0. The van der Waals surface area contributed by atoms with Gasteiger partial charge in [-0.1, -0.05) is 0 Å². The number of hydrogen-bond acceptors (Lipinski definition) is 4. The van der Waals surface area contributed by atoms with Crippen molar-refractivity contribution in [1.29, 1.82) is 0 Å². The maximum absolute atomic E-state index is 9.49. The Kier molecular flexibility index (Phi) is 5.18. The van der Waals surface area contributed by atoms with Gasteiger partial charge in [0, 0.05) is 20.1 Å². The fourth-order valence-electron chi connectivity index (χ4n) is 2.31. The molecule has 4 nitrogen and oxygen atoms in total. The Morgan fingerprint density at radius 2 is 2.19 bits per heavy atom. The highest BCUT2D eigenvalue weighted by molar-refractivity contribution is 4.90. The Labute approximate surface area is 98.1 Å². The smallest absolute Gasteiger partial charge is 0.0833 e. The molecule has 1 aliphatic rings. The van der Waals surface area contributed by atoms with Crippen molar-refractivity contribution in [2.45, 2.75) is 63.4 Å². The van der Waals surface area contributed by atoms with Gasteiger partial charge in [0.2, 0.25) is 0 Å². The van der Waals surface area contributed by atoms with Crippen molar-refractivity contribution in [1.82, 2.24) is 0 Å². The molecule has 96 valence electrons. The fraction of sp³-hybridized carbons (Fsp3) is 1.00. The fourth-order valence-corrected chi connectivity index (χ4v) is 2.31. The maximum atomic E-state index is 9.49. The summed E-state index contributed by atoms with van der Waals surface area (Å²) in [5, 5.41) is 9.49. The van der Waals surface area contributed by atoms with Crippen LogP contribution in [-0.4, -0.2) is 42.7 Å². The minimum absolute atomic E-state index is 0.181. The molecule has 0 aromatic rings. The number of nitrogens with two attached hydrogens (primary N) is 1. The number of hydrogen-bond donors (Lipinski definition) is 2. The van der Waals surface area contributed by atoms with Gasteiger partial charge in [-0.2, -0.15) is 0 Å². The molecule has 16 heavy (non-hydrogen) atoms. The van der Waals surface area contributed by atoms with Crippen molar-refractivity contribution < 1.29 is 14.6 Å². The largest absolute Gasteiger partial charge is 0.391 e. The second-order valence-corrected chi connectivity index (χ2v) is 4.90. The van der Waals surface area contributed by atoms with E-state index in [9.17, 15) is 5.11 Å². The van der Waals surface area contributed by atoms with Crippen LogP contribution >= 0.6 is 0 Å². The van der Waals surface area contributed by atoms with E-state index in [1.54, 1.807) is 14.0 Å². The lowest BCUT2D eigenvalue weighted by molar-refractivity contribution is -0.153. The number of rotatable bonds is 5. The van der Waals surface area contributed by atoms with Gasteiger partial charge in [-0.3, -0.25) is 0 Å². The average molecular weight is 231 g/mol. The molecule has 3 N–H and O–H groups in total. The van der Waals surface area contributed by atoms with Crippen LogP contribution in [0, 0.1) is 0 Å². The molecular formula is C12H25NO3. The second-order valence-electron chi connectivity index (χ2n) is 4.90. The molecule has 1 rings (SSSR count). The standard InChI is InChI=1S/C12H25NO3/c1-9(14)10(2)16-12(8-13)6-4-5-11(7-12)15-3/h9-11,14H,4-8,13H2,1-3H3. The molecule has 0 aliphatic heterocycles. The molecule has 0 heterocycles. The van der Waals surface area contributed by atoms with E-state index in [1.165, 1.54) is 0 Å². The first-order chi connectivity index (χ1) is 7.53. The summed E-state index contributed by atoms with van der Waals surface area (Å²) in [7, 11) is 1.73. The van der Waals surface area contributed by atoms with Crippen molar-refractivity contribution in [3.05, 3.63) is 0 Å². The van der Waals surface area contributed by atoms with Gasteiger partial charge in [0.15, 0.2) is 0 Å². The molecule has 1 aliphatic carbocycles. The topological polar surface area (TPSA) is 64.7 Å². The Morgan fingerprint density at radius 1 is 1.50 bits per heavy atom. The van der Waals surface area contributed by atoms with Crippen LogP contribution in [0.2, 0.25) is 0 Å². The van der Waals surface area contributed by atoms with Gasteiger partial charge in [0.25, 0.3) is 0 Å². The van der Waals surface area contributed by atoms with Gasteiger partial charge >= 0.3 is 0 Å². The van der Waals surface area contributed by atoms with E-state index >= 15 is 0 Å². The first-order valence-electron chi connectivity index (χ1n) is 6.12. The van der Waals surface area contributed by atoms with E-state index < -0.39 is 6.10 Å². The van der Waals surface area contributed by atoms with Crippen LogP contribution < -0.4 is 5.73 Å². The van der Waals surface area contributed by atoms with Crippen LogP contribution in [-0.2, 0) is 9.47 Å². The van der Waals surface area contributed by atoms with E-state index in [0.29, 0.717) is 6.54 Å². The molecule has 4 atom stereocenters. The number of ether oxygens (including phenoxy) is 2. The average Bonchev–Trinajstić information content (AvgIpc) is 2.29. The third-order valence-corrected chi connectivity index (χ3v) is 3.58. The minimum atomic E-state index is -0.466. The van der Waals surface area contributed by atoms with Crippen molar-refractivity contribution in [3.8, 4) is 0 Å². The quantitative estimate of drug-likeness (QED) is 0.742. The highest BCUT2D eigenvalue weighted by atomic mass is 16.5. The molecule has 0 aromatic heterocycles. The van der Waals surface area contributed by atoms with Crippen molar-refractivity contribution in [3.63, 3.8) is 0 Å². The van der Waals surface area contributed by atoms with Crippen molar-refractivity contribution in [2.24, 2.45) is 5.73 Å². The molecule has 0 aromatic carbocycles. The van der Waals surface area contributed by atoms with E-state index in [-0.39, 0.29) is 17.8 Å². The molecule has 0 saturated heterocycles. The molecule has 4 heteroatoms. The lowest BCUT2D eigenvalue weighted by atomic mass is 9.82. The van der Waals surface area contributed by atoms with Gasteiger partial charge < -0.3 is 20.3 Å². The Bertz CT molecular complexity index is 210. The Morgan fingerprint density at radius 3 is 2.69 bits per heavy atom. The van der Waals surface area contributed by atoms with Gasteiger partial charge in [-0.15, -0.1) is 0 Å². The number of aliphatic hydroxyl groups is 1. The zero-order valence-electron chi connectivity index (χ0n) is 10.6. The normalized spacial score (nSPS) is 34.7. The van der Waals surface area contributed by atoms with Crippen LogP contribution in [0.5, 0.6) is 0 Å². The van der Waals surface area contributed by atoms with Crippen LogP contribution in [0.3, 0.4) is 0 Å². The number of aliphatic hydroxyl groups excluding tert-OH is 1. The summed E-state index contributed by atoms with van der Waals surface area (Å²) < 4.78 is 11.4. The molecule has 0 amide bonds. The van der Waals surface area contributed by atoms with Gasteiger partial charge in [0.05, 0.1) is 23.9 Å². The number of methoxy groups -OCH3 is 1. The lowest BCUT2D eigenvalue weighted by Crippen LogP contribution is -2.49. The molecule has 0 radical (unpaired) electrons. The molecule has 0 spiro atoms. The van der Waals surface area contributed by atoms with Crippen molar-refractivity contribution >= 4 is 0 Å².